The quantitative estimate of drug-likeness (QED) is 0.451. The third-order valence-corrected chi connectivity index (χ3v) is 4.15. The van der Waals surface area contributed by atoms with Crippen LogP contribution in [0.25, 0.3) is 0 Å². The van der Waals surface area contributed by atoms with Crippen LogP contribution in [-0.2, 0) is 36.7 Å². The van der Waals surface area contributed by atoms with Gasteiger partial charge in [-0.2, -0.15) is 8.42 Å². The summed E-state index contributed by atoms with van der Waals surface area (Å²) in [5.74, 6) is -0.0286. The first-order valence-corrected chi connectivity index (χ1v) is 10.3. The maximum absolute atomic E-state index is 11.9. The number of carbonyl (C=O) groups is 1. The Kier molecular flexibility index (Phi) is 7.75. The van der Waals surface area contributed by atoms with E-state index < -0.39 is 22.2 Å². The summed E-state index contributed by atoms with van der Waals surface area (Å²) in [7, 11) is -3.78. The van der Waals surface area contributed by atoms with Crippen LogP contribution in [0.15, 0.2) is 48.8 Å². The van der Waals surface area contributed by atoms with Gasteiger partial charge in [-0.25, -0.2) is 4.79 Å². The summed E-state index contributed by atoms with van der Waals surface area (Å²) in [6.07, 6.45) is 4.03. The van der Waals surface area contributed by atoms with Crippen LogP contribution in [0.5, 0.6) is 5.75 Å². The molecule has 2 rings (SSSR count). The van der Waals surface area contributed by atoms with Gasteiger partial charge in [-0.1, -0.05) is 18.2 Å². The van der Waals surface area contributed by atoms with Gasteiger partial charge in [0.15, 0.2) is 6.10 Å². The van der Waals surface area contributed by atoms with Crippen molar-refractivity contribution in [1.29, 1.82) is 0 Å². The van der Waals surface area contributed by atoms with E-state index in [0.29, 0.717) is 12.4 Å². The molecule has 146 valence electrons. The Morgan fingerprint density at radius 2 is 1.89 bits per heavy atom. The van der Waals surface area contributed by atoms with Crippen molar-refractivity contribution < 1.29 is 26.9 Å². The van der Waals surface area contributed by atoms with Crippen molar-refractivity contribution in [1.82, 2.24) is 4.98 Å². The summed E-state index contributed by atoms with van der Waals surface area (Å²) in [5, 5.41) is 0. The Morgan fingerprint density at radius 3 is 2.48 bits per heavy atom. The fourth-order valence-corrected chi connectivity index (χ4v) is 2.94. The van der Waals surface area contributed by atoms with Crippen molar-refractivity contribution in [3.8, 4) is 5.75 Å². The smallest absolute Gasteiger partial charge is 0.337 e. The number of rotatable bonds is 10. The van der Waals surface area contributed by atoms with Crippen molar-refractivity contribution in [3.63, 3.8) is 0 Å². The van der Waals surface area contributed by atoms with Crippen LogP contribution in [0.2, 0.25) is 0 Å². The van der Waals surface area contributed by atoms with E-state index in [2.05, 4.69) is 4.98 Å². The number of pyridine rings is 1. The minimum Gasteiger partial charge on any atom is -0.493 e. The third-order valence-electron chi connectivity index (χ3n) is 3.57. The number of ether oxygens (including phenoxy) is 2. The molecule has 0 amide bonds. The highest BCUT2D eigenvalue weighted by Crippen LogP contribution is 2.16. The van der Waals surface area contributed by atoms with E-state index in [-0.39, 0.29) is 13.0 Å². The maximum Gasteiger partial charge on any atom is 0.337 e. The molecule has 0 N–H and O–H groups in total. The number of aromatic nitrogens is 1. The van der Waals surface area contributed by atoms with Gasteiger partial charge < -0.3 is 9.47 Å². The van der Waals surface area contributed by atoms with Crippen molar-refractivity contribution in [2.75, 3.05) is 19.5 Å². The fourth-order valence-electron chi connectivity index (χ4n) is 2.37. The van der Waals surface area contributed by atoms with Crippen LogP contribution in [0.1, 0.15) is 18.1 Å². The van der Waals surface area contributed by atoms with Gasteiger partial charge in [0.05, 0.1) is 19.5 Å². The summed E-state index contributed by atoms with van der Waals surface area (Å²) in [6.45, 7) is 2.30. The van der Waals surface area contributed by atoms with Gasteiger partial charge in [0.1, 0.15) is 5.75 Å². The molecule has 0 bridgehead atoms. The molecule has 1 aromatic heterocycles. The zero-order chi connectivity index (χ0) is 19.7. The molecule has 1 aromatic carbocycles. The molecule has 0 fully saturated rings. The molecule has 1 heterocycles. The number of benzene rings is 1. The van der Waals surface area contributed by atoms with Crippen LogP contribution in [0, 0.1) is 0 Å². The molecule has 8 heteroatoms. The molecule has 7 nitrogen and oxygen atoms in total. The molecule has 0 saturated carbocycles. The molecule has 0 aliphatic rings. The summed E-state index contributed by atoms with van der Waals surface area (Å²) < 4.78 is 38.2. The molecule has 1 atom stereocenters. The van der Waals surface area contributed by atoms with Crippen LogP contribution >= 0.6 is 0 Å². The average Bonchev–Trinajstić information content (AvgIpc) is 2.62. The van der Waals surface area contributed by atoms with E-state index >= 15 is 0 Å². The van der Waals surface area contributed by atoms with Crippen molar-refractivity contribution in [2.45, 2.75) is 25.9 Å². The molecule has 1 unspecified atom stereocenters. The zero-order valence-electron chi connectivity index (χ0n) is 15.3. The normalized spacial score (nSPS) is 12.4. The molecule has 0 radical (unpaired) electrons. The number of hydrogen-bond donors (Lipinski definition) is 0. The number of carbonyl (C=O) groups excluding carboxylic acids is 1. The van der Waals surface area contributed by atoms with Gasteiger partial charge in [-0.3, -0.25) is 9.17 Å². The SMILES string of the molecule is CCOC(=O)C(Cc1ccc(OCCc2cccnc2)cc1)OS(C)(=O)=O. The molecular weight excluding hydrogens is 370 g/mol. The summed E-state index contributed by atoms with van der Waals surface area (Å²) in [6, 6.07) is 10.9. The van der Waals surface area contributed by atoms with E-state index in [1.807, 2.05) is 12.1 Å². The van der Waals surface area contributed by atoms with Gasteiger partial charge in [-0.05, 0) is 36.2 Å². The highest BCUT2D eigenvalue weighted by atomic mass is 32.2. The Balaban J connectivity index is 1.92. The minimum absolute atomic E-state index is 0.0852. The molecule has 0 spiro atoms. The van der Waals surface area contributed by atoms with Crippen LogP contribution in [0.4, 0.5) is 0 Å². The van der Waals surface area contributed by atoms with E-state index in [4.69, 9.17) is 13.7 Å². The van der Waals surface area contributed by atoms with Crippen LogP contribution < -0.4 is 4.74 Å². The predicted octanol–water partition coefficient (Wildman–Crippen LogP) is 2.15. The zero-order valence-corrected chi connectivity index (χ0v) is 16.1. The van der Waals surface area contributed by atoms with Gasteiger partial charge in [0.2, 0.25) is 0 Å². The number of hydrogen-bond acceptors (Lipinski definition) is 7. The third kappa shape index (κ3) is 7.76. The lowest BCUT2D eigenvalue weighted by Gasteiger charge is -2.15. The first kappa shape index (κ1) is 20.9. The Bertz CT molecular complexity index is 821. The second-order valence-corrected chi connectivity index (χ2v) is 7.45. The van der Waals surface area contributed by atoms with Crippen LogP contribution in [0.3, 0.4) is 0 Å². The van der Waals surface area contributed by atoms with Gasteiger partial charge >= 0.3 is 5.97 Å². The van der Waals surface area contributed by atoms with E-state index in [0.717, 1.165) is 23.8 Å². The van der Waals surface area contributed by atoms with Crippen molar-refractivity contribution in [3.05, 3.63) is 59.9 Å². The lowest BCUT2D eigenvalue weighted by atomic mass is 10.1. The molecule has 27 heavy (non-hydrogen) atoms. The standard InChI is InChI=1S/C19H23NO6S/c1-3-24-19(21)18(26-27(2,22)23)13-15-6-8-17(9-7-15)25-12-10-16-5-4-11-20-14-16/h4-9,11,14,18H,3,10,12-13H2,1-2H3. The highest BCUT2D eigenvalue weighted by molar-refractivity contribution is 7.86. The first-order chi connectivity index (χ1) is 12.9. The monoisotopic (exact) mass is 393 g/mol. The van der Waals surface area contributed by atoms with Crippen molar-refractivity contribution >= 4 is 16.1 Å². The predicted molar refractivity (Wildman–Crippen MR) is 99.9 cm³/mol. The average molecular weight is 393 g/mol. The lowest BCUT2D eigenvalue weighted by molar-refractivity contribution is -0.151. The van der Waals surface area contributed by atoms with E-state index in [1.54, 1.807) is 43.6 Å². The lowest BCUT2D eigenvalue weighted by Crippen LogP contribution is -2.31. The van der Waals surface area contributed by atoms with Crippen LogP contribution in [-0.4, -0.2) is 44.9 Å². The largest absolute Gasteiger partial charge is 0.493 e. The van der Waals surface area contributed by atoms with E-state index in [9.17, 15) is 13.2 Å². The highest BCUT2D eigenvalue weighted by Gasteiger charge is 2.25. The van der Waals surface area contributed by atoms with E-state index in [1.165, 1.54) is 0 Å². The minimum atomic E-state index is -3.78. The molecule has 0 aliphatic carbocycles. The Labute approximate surface area is 159 Å². The molecule has 0 saturated heterocycles. The van der Waals surface area contributed by atoms with Gasteiger partial charge in [-0.15, -0.1) is 0 Å². The van der Waals surface area contributed by atoms with Gasteiger partial charge in [0.25, 0.3) is 10.1 Å². The summed E-state index contributed by atoms with van der Waals surface area (Å²) in [4.78, 5) is 16.0. The molecule has 2 aromatic rings. The number of nitrogens with zero attached hydrogens (tertiary/aromatic N) is 1. The number of esters is 1. The Morgan fingerprint density at radius 1 is 1.15 bits per heavy atom. The Hall–Kier alpha value is -2.45. The molecular formula is C19H23NO6S. The fraction of sp³-hybridized carbons (Fsp3) is 0.368. The van der Waals surface area contributed by atoms with Gasteiger partial charge in [0, 0.05) is 25.2 Å². The second-order valence-electron chi connectivity index (χ2n) is 5.85. The first-order valence-electron chi connectivity index (χ1n) is 8.53. The summed E-state index contributed by atoms with van der Waals surface area (Å²) in [5.41, 5.74) is 1.82. The molecule has 0 aliphatic heterocycles. The van der Waals surface area contributed by atoms with Crippen molar-refractivity contribution in [2.24, 2.45) is 0 Å². The summed E-state index contributed by atoms with van der Waals surface area (Å²) >= 11 is 0. The topological polar surface area (TPSA) is 91.8 Å². The second kappa shape index (κ2) is 10.0. The maximum atomic E-state index is 11.9.